The third-order valence-corrected chi connectivity index (χ3v) is 4.20. The van der Waals surface area contributed by atoms with Crippen molar-refractivity contribution in [3.63, 3.8) is 0 Å². The highest BCUT2D eigenvalue weighted by molar-refractivity contribution is 5.70. The summed E-state index contributed by atoms with van der Waals surface area (Å²) in [5, 5.41) is 3.90. The maximum absolute atomic E-state index is 5.35. The highest BCUT2D eigenvalue weighted by Crippen LogP contribution is 2.30. The molecule has 23 heavy (non-hydrogen) atoms. The minimum atomic E-state index is 0.531. The second kappa shape index (κ2) is 5.83. The fourth-order valence-corrected chi connectivity index (χ4v) is 3.10. The van der Waals surface area contributed by atoms with Crippen molar-refractivity contribution < 1.29 is 4.52 Å². The summed E-state index contributed by atoms with van der Waals surface area (Å²) in [5.74, 6) is 2.08. The molecular formula is C18H18N4O. The lowest BCUT2D eigenvalue weighted by Crippen LogP contribution is -2.24. The van der Waals surface area contributed by atoms with E-state index in [9.17, 15) is 0 Å². The molecule has 0 fully saturated rings. The Morgan fingerprint density at radius 1 is 1.09 bits per heavy atom. The fourth-order valence-electron chi connectivity index (χ4n) is 3.10. The molecule has 1 aromatic carbocycles. The van der Waals surface area contributed by atoms with E-state index in [1.807, 2.05) is 25.3 Å². The van der Waals surface area contributed by atoms with E-state index in [1.54, 1.807) is 0 Å². The van der Waals surface area contributed by atoms with Gasteiger partial charge in [-0.2, -0.15) is 4.98 Å². The van der Waals surface area contributed by atoms with Crippen LogP contribution >= 0.6 is 0 Å². The minimum Gasteiger partial charge on any atom is -0.352 e. The van der Waals surface area contributed by atoms with Crippen molar-refractivity contribution in [2.24, 2.45) is 0 Å². The lowest BCUT2D eigenvalue weighted by Gasteiger charge is -2.23. The van der Waals surface area contributed by atoms with Crippen molar-refractivity contribution in [1.29, 1.82) is 0 Å². The number of anilines is 1. The van der Waals surface area contributed by atoms with Gasteiger partial charge in [0.1, 0.15) is 5.82 Å². The zero-order valence-electron chi connectivity index (χ0n) is 13.1. The monoisotopic (exact) mass is 306 g/mol. The molecular weight excluding hydrogens is 288 g/mol. The molecule has 5 heteroatoms. The second-order valence-corrected chi connectivity index (χ2v) is 5.82. The summed E-state index contributed by atoms with van der Waals surface area (Å²) in [6.07, 6.45) is 4.03. The van der Waals surface area contributed by atoms with Gasteiger partial charge in [-0.3, -0.25) is 0 Å². The third-order valence-electron chi connectivity index (χ3n) is 4.20. The van der Waals surface area contributed by atoms with E-state index < -0.39 is 0 Å². The highest BCUT2D eigenvalue weighted by Gasteiger charge is 2.20. The van der Waals surface area contributed by atoms with Gasteiger partial charge in [-0.1, -0.05) is 29.4 Å². The number of benzene rings is 1. The van der Waals surface area contributed by atoms with Crippen molar-refractivity contribution in [3.05, 3.63) is 59.5 Å². The van der Waals surface area contributed by atoms with Crippen LogP contribution in [0.2, 0.25) is 0 Å². The molecule has 116 valence electrons. The SMILES string of the molecule is Cc1noc(-c2cccnc2N2CCCc3ccccc3C2)n1. The van der Waals surface area contributed by atoms with E-state index in [4.69, 9.17) is 4.52 Å². The number of aromatic nitrogens is 3. The standard InChI is InChI=1S/C18H18N4O/c1-13-20-18(23-21-13)16-9-4-10-19-17(16)22-11-5-8-14-6-2-3-7-15(14)12-22/h2-4,6-7,9-10H,5,8,11-12H2,1H3. The van der Waals surface area contributed by atoms with Gasteiger partial charge in [-0.05, 0) is 43.0 Å². The van der Waals surface area contributed by atoms with Crippen molar-refractivity contribution in [3.8, 4) is 11.5 Å². The molecule has 0 N–H and O–H groups in total. The van der Waals surface area contributed by atoms with E-state index >= 15 is 0 Å². The van der Waals surface area contributed by atoms with Gasteiger partial charge in [-0.15, -0.1) is 0 Å². The number of rotatable bonds is 2. The first-order chi connectivity index (χ1) is 11.3. The van der Waals surface area contributed by atoms with Crippen LogP contribution in [-0.2, 0) is 13.0 Å². The number of hydrogen-bond donors (Lipinski definition) is 0. The molecule has 0 amide bonds. The first kappa shape index (κ1) is 13.9. The van der Waals surface area contributed by atoms with E-state index in [1.165, 1.54) is 11.1 Å². The molecule has 0 radical (unpaired) electrons. The van der Waals surface area contributed by atoms with Crippen LogP contribution in [0.1, 0.15) is 23.4 Å². The van der Waals surface area contributed by atoms with Gasteiger partial charge in [0.15, 0.2) is 5.82 Å². The average Bonchev–Trinajstić information content (AvgIpc) is 2.90. The van der Waals surface area contributed by atoms with Crippen LogP contribution in [0.5, 0.6) is 0 Å². The van der Waals surface area contributed by atoms with Crippen LogP contribution in [0, 0.1) is 6.92 Å². The Hall–Kier alpha value is -2.69. The molecule has 1 aliphatic rings. The molecule has 0 spiro atoms. The maximum atomic E-state index is 5.35. The first-order valence-corrected chi connectivity index (χ1v) is 7.89. The minimum absolute atomic E-state index is 0.531. The summed E-state index contributed by atoms with van der Waals surface area (Å²) in [5.41, 5.74) is 3.69. The lowest BCUT2D eigenvalue weighted by atomic mass is 10.0. The van der Waals surface area contributed by atoms with Crippen LogP contribution in [0.15, 0.2) is 47.1 Å². The summed E-state index contributed by atoms with van der Waals surface area (Å²) in [4.78, 5) is 11.3. The Morgan fingerprint density at radius 3 is 2.78 bits per heavy atom. The molecule has 0 bridgehead atoms. The molecule has 3 aromatic rings. The summed E-state index contributed by atoms with van der Waals surface area (Å²) < 4.78 is 5.35. The number of pyridine rings is 1. The fraction of sp³-hybridized carbons (Fsp3) is 0.278. The van der Waals surface area contributed by atoms with Gasteiger partial charge >= 0.3 is 0 Å². The van der Waals surface area contributed by atoms with Crippen LogP contribution < -0.4 is 4.90 Å². The van der Waals surface area contributed by atoms with Gasteiger partial charge < -0.3 is 9.42 Å². The van der Waals surface area contributed by atoms with Crippen LogP contribution in [0.25, 0.3) is 11.5 Å². The number of aryl methyl sites for hydroxylation is 2. The average molecular weight is 306 g/mol. The summed E-state index contributed by atoms with van der Waals surface area (Å²) in [6.45, 7) is 3.64. The number of fused-ring (bicyclic) bond motifs is 1. The smallest absolute Gasteiger partial charge is 0.261 e. The molecule has 2 aromatic heterocycles. The number of hydrogen-bond acceptors (Lipinski definition) is 5. The molecule has 0 saturated heterocycles. The molecule has 5 nitrogen and oxygen atoms in total. The zero-order valence-corrected chi connectivity index (χ0v) is 13.1. The Kier molecular flexibility index (Phi) is 3.54. The normalized spacial score (nSPS) is 14.4. The summed E-state index contributed by atoms with van der Waals surface area (Å²) in [6, 6.07) is 12.5. The first-order valence-electron chi connectivity index (χ1n) is 7.89. The molecule has 0 atom stereocenters. The zero-order chi connectivity index (χ0) is 15.6. The van der Waals surface area contributed by atoms with Crippen molar-refractivity contribution in [1.82, 2.24) is 15.1 Å². The Balaban J connectivity index is 1.74. The Morgan fingerprint density at radius 2 is 1.96 bits per heavy atom. The van der Waals surface area contributed by atoms with Gasteiger partial charge in [0.2, 0.25) is 0 Å². The lowest BCUT2D eigenvalue weighted by molar-refractivity contribution is 0.425. The predicted octanol–water partition coefficient (Wildman–Crippen LogP) is 3.39. The molecule has 0 unspecified atom stereocenters. The topological polar surface area (TPSA) is 55.1 Å². The molecule has 1 aliphatic heterocycles. The van der Waals surface area contributed by atoms with Crippen molar-refractivity contribution >= 4 is 5.82 Å². The predicted molar refractivity (Wildman–Crippen MR) is 88.1 cm³/mol. The van der Waals surface area contributed by atoms with Gasteiger partial charge in [0, 0.05) is 19.3 Å². The van der Waals surface area contributed by atoms with E-state index in [0.29, 0.717) is 11.7 Å². The van der Waals surface area contributed by atoms with E-state index in [2.05, 4.69) is 44.3 Å². The van der Waals surface area contributed by atoms with Gasteiger partial charge in [0.25, 0.3) is 5.89 Å². The third kappa shape index (κ3) is 2.70. The Labute approximate surface area is 135 Å². The molecule has 3 heterocycles. The Bertz CT molecular complexity index is 827. The highest BCUT2D eigenvalue weighted by atomic mass is 16.5. The van der Waals surface area contributed by atoms with Crippen molar-refractivity contribution in [2.45, 2.75) is 26.3 Å². The quantitative estimate of drug-likeness (QED) is 0.726. The van der Waals surface area contributed by atoms with E-state index in [-0.39, 0.29) is 0 Å². The molecule has 0 saturated carbocycles. The second-order valence-electron chi connectivity index (χ2n) is 5.82. The van der Waals surface area contributed by atoms with Gasteiger partial charge in [-0.25, -0.2) is 4.98 Å². The van der Waals surface area contributed by atoms with Crippen LogP contribution in [0.4, 0.5) is 5.82 Å². The van der Waals surface area contributed by atoms with Gasteiger partial charge in [0.05, 0.1) is 5.56 Å². The van der Waals surface area contributed by atoms with Crippen LogP contribution in [0.3, 0.4) is 0 Å². The van der Waals surface area contributed by atoms with Crippen LogP contribution in [-0.4, -0.2) is 21.7 Å². The number of nitrogens with zero attached hydrogens (tertiary/aromatic N) is 4. The van der Waals surface area contributed by atoms with E-state index in [0.717, 1.165) is 37.3 Å². The summed E-state index contributed by atoms with van der Waals surface area (Å²) in [7, 11) is 0. The maximum Gasteiger partial charge on any atom is 0.261 e. The molecule has 0 aliphatic carbocycles. The summed E-state index contributed by atoms with van der Waals surface area (Å²) >= 11 is 0. The molecule has 4 rings (SSSR count). The largest absolute Gasteiger partial charge is 0.352 e. The van der Waals surface area contributed by atoms with Crippen molar-refractivity contribution in [2.75, 3.05) is 11.4 Å².